The number of carboxylic acid groups (broad SMARTS) is 2. The maximum atomic E-state index is 11.5. The predicted octanol–water partition coefficient (Wildman–Crippen LogP) is -1.51. The van der Waals surface area contributed by atoms with E-state index in [1.165, 1.54) is 0 Å². The molecule has 18 heavy (non-hydrogen) atoms. The molecule has 8 heteroatoms. The number of carboxylic acids is 2. The fourth-order valence-electron chi connectivity index (χ4n) is 1.27. The monoisotopic (exact) mass is 261 g/mol. The molecule has 0 aliphatic carbocycles. The van der Waals surface area contributed by atoms with Crippen LogP contribution in [0.4, 0.5) is 0 Å². The van der Waals surface area contributed by atoms with Crippen LogP contribution in [0.2, 0.25) is 0 Å². The summed E-state index contributed by atoms with van der Waals surface area (Å²) >= 11 is 0. The number of nitrogens with one attached hydrogen (secondary N) is 1. The number of carbonyl (C=O) groups is 3. The Hall–Kier alpha value is -1.67. The van der Waals surface area contributed by atoms with Crippen molar-refractivity contribution in [3.05, 3.63) is 0 Å². The first-order chi connectivity index (χ1) is 8.38. The minimum absolute atomic E-state index is 0.181. The quantitative estimate of drug-likeness (QED) is 0.337. The molecule has 0 rings (SSSR count). The zero-order valence-corrected chi connectivity index (χ0v) is 9.96. The zero-order chi connectivity index (χ0) is 14.1. The van der Waals surface area contributed by atoms with Crippen molar-refractivity contribution in [1.82, 2.24) is 5.32 Å². The number of amides is 1. The van der Waals surface area contributed by atoms with E-state index in [-0.39, 0.29) is 12.8 Å². The van der Waals surface area contributed by atoms with Gasteiger partial charge in [0.25, 0.3) is 0 Å². The van der Waals surface area contributed by atoms with Gasteiger partial charge in [-0.2, -0.15) is 0 Å². The van der Waals surface area contributed by atoms with Gasteiger partial charge in [0.15, 0.2) is 0 Å². The molecule has 0 heterocycles. The summed E-state index contributed by atoms with van der Waals surface area (Å²) in [5.74, 6) is -3.01. The third kappa shape index (κ3) is 6.81. The van der Waals surface area contributed by atoms with Gasteiger partial charge in [0.05, 0.1) is 6.04 Å². The third-order valence-corrected chi connectivity index (χ3v) is 2.32. The van der Waals surface area contributed by atoms with E-state index in [2.05, 4.69) is 5.32 Å². The molecular weight excluding hydrogens is 242 g/mol. The lowest BCUT2D eigenvalue weighted by atomic mass is 10.1. The highest BCUT2D eigenvalue weighted by Gasteiger charge is 2.23. The molecule has 0 saturated heterocycles. The van der Waals surface area contributed by atoms with Crippen LogP contribution < -0.4 is 16.8 Å². The van der Waals surface area contributed by atoms with Gasteiger partial charge in [-0.05, 0) is 25.8 Å². The van der Waals surface area contributed by atoms with Crippen molar-refractivity contribution in [2.45, 2.75) is 37.8 Å². The normalized spacial score (nSPS) is 13.7. The fourth-order valence-corrected chi connectivity index (χ4v) is 1.27. The third-order valence-electron chi connectivity index (χ3n) is 2.32. The van der Waals surface area contributed by atoms with Crippen molar-refractivity contribution in [3.63, 3.8) is 0 Å². The Bertz CT molecular complexity index is 308. The van der Waals surface area contributed by atoms with Crippen molar-refractivity contribution < 1.29 is 24.6 Å². The summed E-state index contributed by atoms with van der Waals surface area (Å²) in [5, 5.41) is 19.5. The van der Waals surface area contributed by atoms with Gasteiger partial charge < -0.3 is 27.0 Å². The lowest BCUT2D eigenvalue weighted by Gasteiger charge is -2.17. The second-order valence-corrected chi connectivity index (χ2v) is 3.87. The molecule has 0 unspecified atom stereocenters. The second kappa shape index (κ2) is 8.43. The van der Waals surface area contributed by atoms with E-state index in [1.54, 1.807) is 0 Å². The molecule has 2 atom stereocenters. The molecule has 0 aliphatic heterocycles. The molecule has 0 bridgehead atoms. The Morgan fingerprint density at radius 3 is 2.22 bits per heavy atom. The van der Waals surface area contributed by atoms with Crippen molar-refractivity contribution in [2.24, 2.45) is 11.5 Å². The average Bonchev–Trinajstić information content (AvgIpc) is 2.30. The van der Waals surface area contributed by atoms with Gasteiger partial charge in [-0.3, -0.25) is 9.59 Å². The van der Waals surface area contributed by atoms with E-state index in [9.17, 15) is 14.4 Å². The maximum Gasteiger partial charge on any atom is 0.326 e. The summed E-state index contributed by atoms with van der Waals surface area (Å²) in [7, 11) is 0. The van der Waals surface area contributed by atoms with Gasteiger partial charge in [-0.25, -0.2) is 4.79 Å². The molecule has 0 aromatic heterocycles. The summed E-state index contributed by atoms with van der Waals surface area (Å²) < 4.78 is 0. The highest BCUT2D eigenvalue weighted by Crippen LogP contribution is 2.00. The van der Waals surface area contributed by atoms with Crippen LogP contribution >= 0.6 is 0 Å². The smallest absolute Gasteiger partial charge is 0.326 e. The largest absolute Gasteiger partial charge is 0.481 e. The van der Waals surface area contributed by atoms with E-state index in [4.69, 9.17) is 21.7 Å². The van der Waals surface area contributed by atoms with Crippen molar-refractivity contribution in [1.29, 1.82) is 0 Å². The van der Waals surface area contributed by atoms with Crippen LogP contribution in [0, 0.1) is 0 Å². The summed E-state index contributed by atoms with van der Waals surface area (Å²) in [6.07, 6.45) is 0.393. The lowest BCUT2D eigenvalue weighted by Crippen LogP contribution is -2.48. The molecule has 7 N–H and O–H groups in total. The Kier molecular flexibility index (Phi) is 7.64. The molecule has 0 aliphatic rings. The van der Waals surface area contributed by atoms with Crippen LogP contribution in [-0.4, -0.2) is 46.7 Å². The van der Waals surface area contributed by atoms with E-state index < -0.39 is 29.9 Å². The molecule has 0 spiro atoms. The number of rotatable bonds is 9. The first kappa shape index (κ1) is 16.3. The molecule has 104 valence electrons. The standard InChI is InChI=1S/C10H19N3O5/c11-5-1-2-6(12)9(16)13-7(10(17)18)3-4-8(14)15/h6-7H,1-5,11-12H2,(H,13,16)(H,14,15)(H,17,18)/t6-,7+/m0/s1. The maximum absolute atomic E-state index is 11.5. The van der Waals surface area contributed by atoms with Crippen LogP contribution in [0.5, 0.6) is 0 Å². The Morgan fingerprint density at radius 1 is 1.17 bits per heavy atom. The minimum Gasteiger partial charge on any atom is -0.481 e. The summed E-state index contributed by atoms with van der Waals surface area (Å²) in [6.45, 7) is 0.391. The second-order valence-electron chi connectivity index (χ2n) is 3.87. The van der Waals surface area contributed by atoms with Crippen LogP contribution in [0.25, 0.3) is 0 Å². The SMILES string of the molecule is NCCC[C@H](N)C(=O)N[C@H](CCC(=O)O)C(=O)O. The number of hydrogen-bond donors (Lipinski definition) is 5. The van der Waals surface area contributed by atoms with Crippen LogP contribution in [0.3, 0.4) is 0 Å². The van der Waals surface area contributed by atoms with E-state index in [1.807, 2.05) is 0 Å². The predicted molar refractivity (Wildman–Crippen MR) is 62.7 cm³/mol. The summed E-state index contributed by atoms with van der Waals surface area (Å²) in [4.78, 5) is 32.7. The Morgan fingerprint density at radius 2 is 1.78 bits per heavy atom. The van der Waals surface area contributed by atoms with Gasteiger partial charge >= 0.3 is 11.9 Å². The molecule has 0 aromatic carbocycles. The fraction of sp³-hybridized carbons (Fsp3) is 0.700. The number of hydrogen-bond acceptors (Lipinski definition) is 5. The Balaban J connectivity index is 4.26. The summed E-state index contributed by atoms with van der Waals surface area (Å²) in [6, 6.07) is -2.07. The van der Waals surface area contributed by atoms with Crippen molar-refractivity contribution in [2.75, 3.05) is 6.54 Å². The first-order valence-electron chi connectivity index (χ1n) is 5.59. The van der Waals surface area contributed by atoms with Crippen molar-refractivity contribution in [3.8, 4) is 0 Å². The Labute approximate surface area is 104 Å². The van der Waals surface area contributed by atoms with Gasteiger partial charge in [-0.15, -0.1) is 0 Å². The number of aliphatic carboxylic acids is 2. The van der Waals surface area contributed by atoms with Crippen LogP contribution in [0.15, 0.2) is 0 Å². The molecule has 8 nitrogen and oxygen atoms in total. The van der Waals surface area contributed by atoms with Crippen LogP contribution in [-0.2, 0) is 14.4 Å². The van der Waals surface area contributed by atoms with Gasteiger partial charge in [-0.1, -0.05) is 0 Å². The molecule has 0 fully saturated rings. The highest BCUT2D eigenvalue weighted by atomic mass is 16.4. The van der Waals surface area contributed by atoms with Gasteiger partial charge in [0.1, 0.15) is 6.04 Å². The first-order valence-corrected chi connectivity index (χ1v) is 5.59. The molecule has 1 amide bonds. The molecule has 0 aromatic rings. The van der Waals surface area contributed by atoms with E-state index in [0.717, 1.165) is 0 Å². The number of carbonyl (C=O) groups excluding carboxylic acids is 1. The van der Waals surface area contributed by atoms with E-state index >= 15 is 0 Å². The molecule has 0 radical (unpaired) electrons. The van der Waals surface area contributed by atoms with Gasteiger partial charge in [0, 0.05) is 6.42 Å². The molecular formula is C10H19N3O5. The molecule has 0 saturated carbocycles. The average molecular weight is 261 g/mol. The topological polar surface area (TPSA) is 156 Å². The highest BCUT2D eigenvalue weighted by molar-refractivity contribution is 5.87. The summed E-state index contributed by atoms with van der Waals surface area (Å²) in [5.41, 5.74) is 10.8. The zero-order valence-electron chi connectivity index (χ0n) is 9.96. The van der Waals surface area contributed by atoms with E-state index in [0.29, 0.717) is 19.4 Å². The lowest BCUT2D eigenvalue weighted by molar-refractivity contribution is -0.143. The van der Waals surface area contributed by atoms with Crippen LogP contribution in [0.1, 0.15) is 25.7 Å². The number of nitrogens with two attached hydrogens (primary N) is 2. The minimum atomic E-state index is -1.28. The van der Waals surface area contributed by atoms with Gasteiger partial charge in [0.2, 0.25) is 5.91 Å². The van der Waals surface area contributed by atoms with Crippen molar-refractivity contribution >= 4 is 17.8 Å².